The van der Waals surface area contributed by atoms with E-state index in [1.807, 2.05) is 18.2 Å². The minimum Gasteiger partial charge on any atom is -0.497 e. The Morgan fingerprint density at radius 3 is 1.93 bits per heavy atom. The number of rotatable bonds is 4. The molecule has 2 N–H and O–H groups in total. The minimum absolute atomic E-state index is 0. The van der Waals surface area contributed by atoms with E-state index in [0.29, 0.717) is 6.54 Å². The van der Waals surface area contributed by atoms with E-state index in [9.17, 15) is 0 Å². The lowest BCUT2D eigenvalue weighted by Crippen LogP contribution is -2.03. The first kappa shape index (κ1) is 13.1. The fraction of sp³-hybridized carbons (Fsp3) is 0.400. The number of nitrogens with two attached hydrogens (primary N) is 1. The molecule has 1 aromatic carbocycles. The zero-order valence-corrected chi connectivity index (χ0v) is 9.26. The molecule has 1 aromatic rings. The molecule has 0 atom stereocenters. The first-order valence-corrected chi connectivity index (χ1v) is 4.22. The van der Waals surface area contributed by atoms with Gasteiger partial charge in [0.1, 0.15) is 11.5 Å². The molecule has 0 aliphatic rings. The van der Waals surface area contributed by atoms with Gasteiger partial charge in [-0.05, 0) is 30.7 Å². The lowest BCUT2D eigenvalue weighted by molar-refractivity contribution is 0.393. The summed E-state index contributed by atoms with van der Waals surface area (Å²) < 4.78 is 10.2. The molecule has 80 valence electrons. The first-order chi connectivity index (χ1) is 6.30. The Hall–Kier alpha value is -0.930. The molecule has 0 amide bonds. The van der Waals surface area contributed by atoms with Crippen molar-refractivity contribution < 1.29 is 9.47 Å². The molecule has 0 saturated carbocycles. The van der Waals surface area contributed by atoms with Gasteiger partial charge < -0.3 is 15.2 Å². The maximum Gasteiger partial charge on any atom is 0.122 e. The standard InChI is InChI=1S/C10H15NO2.ClH/c1-12-9-5-8(3-4-11)6-10(7-9)13-2;/h5-7H,3-4,11H2,1-2H3;1H. The summed E-state index contributed by atoms with van der Waals surface area (Å²) in [7, 11) is 3.28. The second kappa shape index (κ2) is 6.51. The number of hydrogen-bond donors (Lipinski definition) is 1. The van der Waals surface area contributed by atoms with Crippen molar-refractivity contribution in [3.05, 3.63) is 23.8 Å². The summed E-state index contributed by atoms with van der Waals surface area (Å²) in [6, 6.07) is 5.78. The van der Waals surface area contributed by atoms with Gasteiger partial charge in [-0.3, -0.25) is 0 Å². The molecule has 0 heterocycles. The number of benzene rings is 1. The predicted molar refractivity (Wildman–Crippen MR) is 59.6 cm³/mol. The molecule has 0 unspecified atom stereocenters. The van der Waals surface area contributed by atoms with Gasteiger partial charge in [-0.1, -0.05) is 0 Å². The van der Waals surface area contributed by atoms with Crippen molar-refractivity contribution in [1.82, 2.24) is 0 Å². The van der Waals surface area contributed by atoms with Crippen LogP contribution in [0.15, 0.2) is 18.2 Å². The van der Waals surface area contributed by atoms with E-state index < -0.39 is 0 Å². The molecule has 0 aromatic heterocycles. The second-order valence-corrected chi connectivity index (χ2v) is 2.76. The molecule has 3 nitrogen and oxygen atoms in total. The summed E-state index contributed by atoms with van der Waals surface area (Å²) in [5.74, 6) is 1.62. The lowest BCUT2D eigenvalue weighted by Gasteiger charge is -2.07. The molecule has 0 spiro atoms. The fourth-order valence-corrected chi connectivity index (χ4v) is 1.18. The van der Waals surface area contributed by atoms with E-state index in [1.54, 1.807) is 14.2 Å². The number of methoxy groups -OCH3 is 2. The zero-order chi connectivity index (χ0) is 9.68. The number of halogens is 1. The molecule has 0 aliphatic carbocycles. The molecule has 14 heavy (non-hydrogen) atoms. The van der Waals surface area contributed by atoms with Crippen LogP contribution in [-0.2, 0) is 6.42 Å². The van der Waals surface area contributed by atoms with Crippen molar-refractivity contribution in [1.29, 1.82) is 0 Å². The van der Waals surface area contributed by atoms with Gasteiger partial charge in [0.05, 0.1) is 14.2 Å². The molecule has 4 heteroatoms. The molecular formula is C10H16ClNO2. The number of hydrogen-bond acceptors (Lipinski definition) is 3. The van der Waals surface area contributed by atoms with E-state index in [1.165, 1.54) is 0 Å². The summed E-state index contributed by atoms with van der Waals surface area (Å²) in [4.78, 5) is 0. The topological polar surface area (TPSA) is 44.5 Å². The Morgan fingerprint density at radius 1 is 1.07 bits per heavy atom. The fourth-order valence-electron chi connectivity index (χ4n) is 1.18. The van der Waals surface area contributed by atoms with Crippen molar-refractivity contribution in [3.63, 3.8) is 0 Å². The van der Waals surface area contributed by atoms with Gasteiger partial charge in [0.25, 0.3) is 0 Å². The maximum atomic E-state index is 5.46. The van der Waals surface area contributed by atoms with Gasteiger partial charge in [-0.25, -0.2) is 0 Å². The smallest absolute Gasteiger partial charge is 0.122 e. The monoisotopic (exact) mass is 217 g/mol. The Kier molecular flexibility index (Phi) is 6.08. The molecule has 0 fully saturated rings. The van der Waals surface area contributed by atoms with Gasteiger partial charge in [0, 0.05) is 6.07 Å². The SMILES string of the molecule is COc1cc(CCN)cc(OC)c1.Cl. The van der Waals surface area contributed by atoms with Crippen LogP contribution in [0.5, 0.6) is 11.5 Å². The van der Waals surface area contributed by atoms with Crippen molar-refractivity contribution in [2.75, 3.05) is 20.8 Å². The van der Waals surface area contributed by atoms with Crippen LogP contribution < -0.4 is 15.2 Å². The van der Waals surface area contributed by atoms with Crippen LogP contribution in [0, 0.1) is 0 Å². The normalized spacial score (nSPS) is 9.07. The molecule has 0 bridgehead atoms. The first-order valence-electron chi connectivity index (χ1n) is 4.22. The lowest BCUT2D eigenvalue weighted by atomic mass is 10.1. The molecule has 0 aliphatic heterocycles. The van der Waals surface area contributed by atoms with Crippen LogP contribution in [0.2, 0.25) is 0 Å². The largest absolute Gasteiger partial charge is 0.497 e. The van der Waals surface area contributed by atoms with Crippen molar-refractivity contribution in [2.45, 2.75) is 6.42 Å². The minimum atomic E-state index is 0. The molecule has 0 radical (unpaired) electrons. The Labute approximate surface area is 90.6 Å². The van der Waals surface area contributed by atoms with E-state index >= 15 is 0 Å². The van der Waals surface area contributed by atoms with Gasteiger partial charge >= 0.3 is 0 Å². The third kappa shape index (κ3) is 3.44. The summed E-state index contributed by atoms with van der Waals surface area (Å²) in [5, 5.41) is 0. The van der Waals surface area contributed by atoms with E-state index in [-0.39, 0.29) is 12.4 Å². The highest BCUT2D eigenvalue weighted by Gasteiger charge is 2.00. The highest BCUT2D eigenvalue weighted by molar-refractivity contribution is 5.85. The third-order valence-electron chi connectivity index (χ3n) is 1.84. The van der Waals surface area contributed by atoms with Crippen molar-refractivity contribution in [2.24, 2.45) is 5.73 Å². The highest BCUT2D eigenvalue weighted by atomic mass is 35.5. The Morgan fingerprint density at radius 2 is 1.57 bits per heavy atom. The molecule has 0 saturated heterocycles. The summed E-state index contributed by atoms with van der Waals surface area (Å²) in [6.07, 6.45) is 0.841. The van der Waals surface area contributed by atoms with Gasteiger partial charge in [-0.15, -0.1) is 12.4 Å². The van der Waals surface area contributed by atoms with E-state index in [4.69, 9.17) is 15.2 Å². The van der Waals surface area contributed by atoms with Crippen LogP contribution >= 0.6 is 12.4 Å². The van der Waals surface area contributed by atoms with Crippen LogP contribution in [0.1, 0.15) is 5.56 Å². The zero-order valence-electron chi connectivity index (χ0n) is 8.45. The third-order valence-corrected chi connectivity index (χ3v) is 1.84. The van der Waals surface area contributed by atoms with Crippen molar-refractivity contribution >= 4 is 12.4 Å². The summed E-state index contributed by atoms with van der Waals surface area (Å²) in [6.45, 7) is 0.635. The Balaban J connectivity index is 0.00000169. The van der Waals surface area contributed by atoms with Crippen molar-refractivity contribution in [3.8, 4) is 11.5 Å². The predicted octanol–water partition coefficient (Wildman–Crippen LogP) is 1.63. The van der Waals surface area contributed by atoms with Gasteiger partial charge in [0.2, 0.25) is 0 Å². The molecular weight excluding hydrogens is 202 g/mol. The van der Waals surface area contributed by atoms with E-state index in [2.05, 4.69) is 0 Å². The van der Waals surface area contributed by atoms with Gasteiger partial charge in [-0.2, -0.15) is 0 Å². The highest BCUT2D eigenvalue weighted by Crippen LogP contribution is 2.22. The maximum absolute atomic E-state index is 5.46. The molecule has 1 rings (SSSR count). The average molecular weight is 218 g/mol. The van der Waals surface area contributed by atoms with Gasteiger partial charge in [0.15, 0.2) is 0 Å². The second-order valence-electron chi connectivity index (χ2n) is 2.76. The van der Waals surface area contributed by atoms with Crippen LogP contribution in [-0.4, -0.2) is 20.8 Å². The quantitative estimate of drug-likeness (QED) is 0.834. The number of ether oxygens (including phenoxy) is 2. The van der Waals surface area contributed by atoms with Crippen LogP contribution in [0.4, 0.5) is 0 Å². The summed E-state index contributed by atoms with van der Waals surface area (Å²) in [5.41, 5.74) is 6.60. The van der Waals surface area contributed by atoms with Crippen LogP contribution in [0.3, 0.4) is 0 Å². The van der Waals surface area contributed by atoms with E-state index in [0.717, 1.165) is 23.5 Å². The average Bonchev–Trinajstić information content (AvgIpc) is 2.17. The summed E-state index contributed by atoms with van der Waals surface area (Å²) >= 11 is 0. The Bertz CT molecular complexity index is 257. The van der Waals surface area contributed by atoms with Crippen LogP contribution in [0.25, 0.3) is 0 Å².